The zero-order chi connectivity index (χ0) is 24.1. The highest BCUT2D eigenvalue weighted by molar-refractivity contribution is 8.76. The summed E-state index contributed by atoms with van der Waals surface area (Å²) in [5.74, 6) is 3.26. The number of Topliss-reactive ketones (excluding diaryl/α,β-unsaturated/α-hetero) is 1. The van der Waals surface area contributed by atoms with E-state index in [2.05, 4.69) is 35.2 Å². The molecule has 0 atom stereocenters. The lowest BCUT2D eigenvalue weighted by Gasteiger charge is -2.21. The van der Waals surface area contributed by atoms with Crippen LogP contribution in [0, 0.1) is 6.92 Å². The third-order valence-corrected chi connectivity index (χ3v) is 9.03. The molecule has 4 rings (SSSR count). The molecule has 0 fully saturated rings. The molecule has 182 valence electrons. The van der Waals surface area contributed by atoms with Crippen LogP contribution in [0.4, 0.5) is 0 Å². The zero-order valence-corrected chi connectivity index (χ0v) is 23.4. The molecule has 1 aliphatic carbocycles. The van der Waals surface area contributed by atoms with Crippen LogP contribution in [0.1, 0.15) is 50.1 Å². The van der Waals surface area contributed by atoms with Crippen LogP contribution in [0.15, 0.2) is 36.0 Å². The van der Waals surface area contributed by atoms with Crippen LogP contribution in [-0.4, -0.2) is 28.6 Å². The third-order valence-electron chi connectivity index (χ3n) is 6.50. The van der Waals surface area contributed by atoms with E-state index in [9.17, 15) is 4.79 Å². The Morgan fingerprint density at radius 3 is 2.47 bits per heavy atom. The van der Waals surface area contributed by atoms with Gasteiger partial charge in [0, 0.05) is 33.2 Å². The predicted octanol–water partition coefficient (Wildman–Crippen LogP) is 2.93. The molecule has 1 N–H and O–H groups in total. The van der Waals surface area contributed by atoms with Crippen molar-refractivity contribution >= 4 is 50.0 Å². The van der Waals surface area contributed by atoms with E-state index in [4.69, 9.17) is 21.3 Å². The van der Waals surface area contributed by atoms with E-state index < -0.39 is 10.8 Å². The summed E-state index contributed by atoms with van der Waals surface area (Å²) in [5, 5.41) is 0.636. The smallest absolute Gasteiger partial charge is 0.402 e. The van der Waals surface area contributed by atoms with E-state index in [0.29, 0.717) is 10.8 Å². The van der Waals surface area contributed by atoms with Gasteiger partial charge in [-0.05, 0) is 57.9 Å². The Labute approximate surface area is 219 Å². The SMILES string of the molecule is C=C(Cl)CSSCc1c(C)c(OC)cc[n+]1-c1nc2cc3c(cc2[nH]1)C(C)(C)C(=O)C3(C)C.[Cl-]. The van der Waals surface area contributed by atoms with E-state index >= 15 is 0 Å². The minimum Gasteiger partial charge on any atom is -1.00 e. The van der Waals surface area contributed by atoms with Gasteiger partial charge in [-0.2, -0.15) is 0 Å². The van der Waals surface area contributed by atoms with Gasteiger partial charge in [-0.3, -0.25) is 4.79 Å². The van der Waals surface area contributed by atoms with Gasteiger partial charge in [0.05, 0.1) is 19.1 Å². The van der Waals surface area contributed by atoms with Gasteiger partial charge in [-0.1, -0.05) is 44.8 Å². The van der Waals surface area contributed by atoms with Crippen molar-refractivity contribution < 1.29 is 26.5 Å². The number of rotatable bonds is 7. The van der Waals surface area contributed by atoms with Crippen molar-refractivity contribution in [3.8, 4) is 11.7 Å². The molecule has 5 nitrogen and oxygen atoms in total. The van der Waals surface area contributed by atoms with Gasteiger partial charge < -0.3 is 17.1 Å². The quantitative estimate of drug-likeness (QED) is 0.285. The first-order valence-electron chi connectivity index (χ1n) is 10.7. The number of nitrogens with one attached hydrogen (secondary N) is 1. The number of H-pyrrole nitrogens is 1. The van der Waals surface area contributed by atoms with Crippen LogP contribution in [0.5, 0.6) is 5.75 Å². The second-order valence-electron chi connectivity index (χ2n) is 9.42. The van der Waals surface area contributed by atoms with Crippen LogP contribution >= 0.6 is 33.2 Å². The molecule has 0 spiro atoms. The lowest BCUT2D eigenvalue weighted by Crippen LogP contribution is -3.00. The van der Waals surface area contributed by atoms with Crippen LogP contribution < -0.4 is 21.7 Å². The summed E-state index contributed by atoms with van der Waals surface area (Å²) in [6, 6.07) is 6.13. The molecular weight excluding hydrogens is 509 g/mol. The zero-order valence-electron chi connectivity index (χ0n) is 20.2. The second kappa shape index (κ2) is 9.76. The van der Waals surface area contributed by atoms with Gasteiger partial charge in [0.2, 0.25) is 0 Å². The molecular formula is C25H29Cl2N3O2S2. The van der Waals surface area contributed by atoms with Crippen LogP contribution in [0.25, 0.3) is 17.0 Å². The average Bonchev–Trinajstić information content (AvgIpc) is 3.23. The van der Waals surface area contributed by atoms with Gasteiger partial charge >= 0.3 is 5.95 Å². The number of benzene rings is 1. The Morgan fingerprint density at radius 1 is 1.21 bits per heavy atom. The molecule has 0 aliphatic heterocycles. The standard InChI is InChI=1S/C25H29ClN3O2S2.ClH/c1-14(26)12-32-33-13-20-15(2)21(31-7)8-9-29(20)23-27-18-10-16-17(11-19(18)28-23)25(5,6)22(30)24(16,3)4;/h8-11H,1,12-13H2,2-7H3,(H,27,28);1H/q+1;/p-1. The highest BCUT2D eigenvalue weighted by Crippen LogP contribution is 2.47. The van der Waals surface area contributed by atoms with E-state index in [1.807, 2.05) is 40.0 Å². The maximum atomic E-state index is 13.0. The van der Waals surface area contributed by atoms with Crippen LogP contribution in [0.2, 0.25) is 0 Å². The molecule has 2 heterocycles. The number of hydrogen-bond acceptors (Lipinski definition) is 5. The van der Waals surface area contributed by atoms with E-state index in [0.717, 1.165) is 50.9 Å². The molecule has 0 saturated carbocycles. The Morgan fingerprint density at radius 2 is 1.85 bits per heavy atom. The van der Waals surface area contributed by atoms with Crippen molar-refractivity contribution in [1.82, 2.24) is 9.97 Å². The Balaban J connectivity index is 0.00000324. The second-order valence-corrected chi connectivity index (χ2v) is 12.4. The number of hydrogen-bond donors (Lipinski definition) is 1. The fourth-order valence-corrected chi connectivity index (χ4v) is 7.08. The van der Waals surface area contributed by atoms with Gasteiger partial charge in [0.15, 0.2) is 11.3 Å². The molecule has 0 amide bonds. The first kappa shape index (κ1) is 26.9. The Kier molecular flexibility index (Phi) is 7.73. The summed E-state index contributed by atoms with van der Waals surface area (Å²) < 4.78 is 7.64. The van der Waals surface area contributed by atoms with Crippen molar-refractivity contribution in [3.63, 3.8) is 0 Å². The van der Waals surface area contributed by atoms with E-state index in [1.54, 1.807) is 28.7 Å². The summed E-state index contributed by atoms with van der Waals surface area (Å²) in [6.07, 6.45) is 1.98. The number of carbonyl (C=O) groups excluding carboxylic acids is 1. The number of imidazole rings is 1. The minimum absolute atomic E-state index is 0. The lowest BCUT2D eigenvalue weighted by molar-refractivity contribution is -0.610. The third kappa shape index (κ3) is 4.48. The highest BCUT2D eigenvalue weighted by atomic mass is 35.5. The summed E-state index contributed by atoms with van der Waals surface area (Å²) in [7, 11) is 5.07. The molecule has 1 aliphatic rings. The monoisotopic (exact) mass is 537 g/mol. The Bertz CT molecular complexity index is 1230. The van der Waals surface area contributed by atoms with Crippen LogP contribution in [-0.2, 0) is 21.4 Å². The molecule has 0 saturated heterocycles. The maximum absolute atomic E-state index is 13.0. The van der Waals surface area contributed by atoms with E-state index in [1.165, 1.54) is 0 Å². The normalized spacial score (nSPS) is 15.8. The van der Waals surface area contributed by atoms with Crippen molar-refractivity contribution in [2.24, 2.45) is 0 Å². The average molecular weight is 539 g/mol. The van der Waals surface area contributed by atoms with Gasteiger partial charge in [-0.25, -0.2) is 9.55 Å². The number of ether oxygens (including phenoxy) is 1. The number of halogens is 2. The van der Waals surface area contributed by atoms with Gasteiger partial charge in [0.1, 0.15) is 17.0 Å². The Hall–Kier alpha value is -1.67. The number of methoxy groups -OCH3 is 1. The minimum atomic E-state index is -0.526. The number of aromatic nitrogens is 3. The summed E-state index contributed by atoms with van der Waals surface area (Å²) in [6.45, 7) is 13.8. The number of carbonyl (C=O) groups is 1. The maximum Gasteiger partial charge on any atom is 0.402 e. The van der Waals surface area contributed by atoms with Crippen molar-refractivity contribution in [1.29, 1.82) is 0 Å². The van der Waals surface area contributed by atoms with Crippen molar-refractivity contribution in [3.05, 3.63) is 58.4 Å². The highest BCUT2D eigenvalue weighted by Gasteiger charge is 2.50. The summed E-state index contributed by atoms with van der Waals surface area (Å²) in [4.78, 5) is 21.4. The number of pyridine rings is 1. The first-order chi connectivity index (χ1) is 15.5. The fraction of sp³-hybridized carbons (Fsp3) is 0.400. The summed E-state index contributed by atoms with van der Waals surface area (Å²) in [5.41, 5.74) is 5.03. The summed E-state index contributed by atoms with van der Waals surface area (Å²) >= 11 is 5.91. The molecule has 1 aromatic carbocycles. The number of ketones is 1. The predicted molar refractivity (Wildman–Crippen MR) is 139 cm³/mol. The van der Waals surface area contributed by atoms with Crippen LogP contribution in [0.3, 0.4) is 0 Å². The largest absolute Gasteiger partial charge is 1.00 e. The van der Waals surface area contributed by atoms with E-state index in [-0.39, 0.29) is 18.2 Å². The van der Waals surface area contributed by atoms with Crippen molar-refractivity contribution in [2.75, 3.05) is 12.9 Å². The topological polar surface area (TPSA) is 58.9 Å². The lowest BCUT2D eigenvalue weighted by atomic mass is 9.80. The van der Waals surface area contributed by atoms with Gasteiger partial charge in [-0.15, -0.1) is 0 Å². The first-order valence-corrected chi connectivity index (χ1v) is 13.6. The molecule has 0 unspecified atom stereocenters. The molecule has 9 heteroatoms. The molecule has 0 radical (unpaired) electrons. The molecule has 0 bridgehead atoms. The van der Waals surface area contributed by atoms with Crippen molar-refractivity contribution in [2.45, 2.75) is 51.2 Å². The number of aromatic amines is 1. The number of fused-ring (bicyclic) bond motifs is 2. The molecule has 2 aromatic heterocycles. The van der Waals surface area contributed by atoms with Gasteiger partial charge in [0.25, 0.3) is 0 Å². The molecule has 3 aromatic rings. The fourth-order valence-electron chi connectivity index (χ4n) is 4.70. The number of nitrogens with zero attached hydrogens (tertiary/aromatic N) is 2. The molecule has 34 heavy (non-hydrogen) atoms.